The highest BCUT2D eigenvalue weighted by atomic mass is 19.4. The number of benzene rings is 1. The fraction of sp³-hybridized carbons (Fsp3) is 0.632. The topological polar surface area (TPSA) is 32.3 Å². The van der Waals surface area contributed by atoms with Crippen LogP contribution < -0.4 is 5.43 Å². The Morgan fingerprint density at radius 3 is 2.28 bits per heavy atom. The first kappa shape index (κ1) is 19.8. The molecule has 1 aromatic rings. The lowest BCUT2D eigenvalue weighted by molar-refractivity contribution is -0.203. The van der Waals surface area contributed by atoms with Crippen LogP contribution in [0.5, 0.6) is 0 Å². The Kier molecular flexibility index (Phi) is 6.14. The molecule has 140 valence electrons. The summed E-state index contributed by atoms with van der Waals surface area (Å²) in [6.07, 6.45) is 0.972. The van der Waals surface area contributed by atoms with E-state index in [2.05, 4.69) is 12.3 Å². The maximum atomic E-state index is 13.7. The molecule has 0 saturated carbocycles. The van der Waals surface area contributed by atoms with E-state index in [4.69, 9.17) is 0 Å². The van der Waals surface area contributed by atoms with Gasteiger partial charge >= 0.3 is 6.18 Å². The minimum absolute atomic E-state index is 0.0507. The maximum Gasteiger partial charge on any atom is 0.409 e. The summed E-state index contributed by atoms with van der Waals surface area (Å²) in [5, 5.41) is 1.05. The number of hydrogen-bond acceptors (Lipinski definition) is 2. The molecule has 1 N–H and O–H groups in total. The van der Waals surface area contributed by atoms with Crippen molar-refractivity contribution in [3.8, 4) is 0 Å². The fourth-order valence-corrected chi connectivity index (χ4v) is 3.32. The third-order valence-electron chi connectivity index (χ3n) is 4.67. The van der Waals surface area contributed by atoms with Crippen molar-refractivity contribution in [3.63, 3.8) is 0 Å². The van der Waals surface area contributed by atoms with Gasteiger partial charge in [-0.25, -0.2) is 0 Å². The number of hydrogen-bond donors (Lipinski definition) is 1. The minimum atomic E-state index is -4.47. The van der Waals surface area contributed by atoms with Gasteiger partial charge in [0.25, 0.3) is 0 Å². The molecule has 0 aliphatic carbocycles. The van der Waals surface area contributed by atoms with E-state index in [0.29, 0.717) is 0 Å². The molecule has 1 aliphatic rings. The zero-order valence-electron chi connectivity index (χ0n) is 15.1. The Morgan fingerprint density at radius 2 is 1.80 bits per heavy atom. The summed E-state index contributed by atoms with van der Waals surface area (Å²) < 4.78 is 41.2. The van der Waals surface area contributed by atoms with E-state index < -0.39 is 17.8 Å². The summed E-state index contributed by atoms with van der Waals surface area (Å²) in [7, 11) is 0. The van der Waals surface area contributed by atoms with E-state index in [1.165, 1.54) is 18.6 Å². The van der Waals surface area contributed by atoms with E-state index in [-0.39, 0.29) is 17.9 Å². The second-order valence-corrected chi connectivity index (χ2v) is 7.39. The monoisotopic (exact) mass is 356 g/mol. The predicted octanol–water partition coefficient (Wildman–Crippen LogP) is 4.93. The summed E-state index contributed by atoms with van der Waals surface area (Å²) >= 11 is 0. The van der Waals surface area contributed by atoms with Crippen LogP contribution in [0, 0.1) is 0 Å². The number of nitrogens with zero attached hydrogens (tertiary/aromatic N) is 1. The van der Waals surface area contributed by atoms with Crippen molar-refractivity contribution in [1.82, 2.24) is 10.4 Å². The van der Waals surface area contributed by atoms with Gasteiger partial charge in [-0.15, -0.1) is 0 Å². The van der Waals surface area contributed by atoms with Gasteiger partial charge in [0.2, 0.25) is 5.91 Å². The molecule has 0 aromatic heterocycles. The third-order valence-corrected chi connectivity index (χ3v) is 4.67. The van der Waals surface area contributed by atoms with Crippen LogP contribution >= 0.6 is 0 Å². The first-order valence-electron chi connectivity index (χ1n) is 8.89. The van der Waals surface area contributed by atoms with E-state index in [1.54, 1.807) is 26.0 Å². The smallest absolute Gasteiger partial charge is 0.287 e. The lowest BCUT2D eigenvalue weighted by Gasteiger charge is -2.38. The molecular formula is C19H27F3N2O. The Hall–Kier alpha value is -1.56. The molecular weight excluding hydrogens is 329 g/mol. The average Bonchev–Trinajstić information content (AvgIpc) is 2.76. The van der Waals surface area contributed by atoms with Crippen molar-refractivity contribution < 1.29 is 18.0 Å². The van der Waals surface area contributed by atoms with Crippen molar-refractivity contribution in [2.45, 2.75) is 77.1 Å². The molecule has 1 aliphatic heterocycles. The standard InChI is InChI=1S/C19H27F3N2O/c1-4-5-6-7-8-14-9-11-15(12-10-14)17(19(20,21)22)24-18(2,3)13-16(25)23-24/h9-12,17H,4-8,13H2,1-3H3,(H,23,25)/t17-/m0/s1. The van der Waals surface area contributed by atoms with Gasteiger partial charge in [0, 0.05) is 12.0 Å². The molecule has 1 saturated heterocycles. The molecule has 3 nitrogen and oxygen atoms in total. The summed E-state index contributed by atoms with van der Waals surface area (Å²) in [6.45, 7) is 5.43. The van der Waals surface area contributed by atoms with Gasteiger partial charge in [0.05, 0.1) is 0 Å². The Labute approximate surface area is 147 Å². The molecule has 0 spiro atoms. The number of alkyl halides is 3. The quantitative estimate of drug-likeness (QED) is 0.703. The molecule has 0 unspecified atom stereocenters. The molecule has 1 amide bonds. The van der Waals surface area contributed by atoms with Crippen LogP contribution in [-0.2, 0) is 11.2 Å². The van der Waals surface area contributed by atoms with Crippen molar-refractivity contribution in [2.75, 3.05) is 0 Å². The van der Waals surface area contributed by atoms with E-state index in [0.717, 1.165) is 36.3 Å². The Balaban J connectivity index is 2.18. The highest BCUT2D eigenvalue weighted by molar-refractivity contribution is 5.79. The van der Waals surface area contributed by atoms with Crippen LogP contribution in [0.25, 0.3) is 0 Å². The molecule has 0 radical (unpaired) electrons. The summed E-state index contributed by atoms with van der Waals surface area (Å²) in [6, 6.07) is 4.76. The van der Waals surface area contributed by atoms with E-state index in [9.17, 15) is 18.0 Å². The average molecular weight is 356 g/mol. The van der Waals surface area contributed by atoms with Gasteiger partial charge in [-0.3, -0.25) is 10.2 Å². The number of rotatable bonds is 7. The number of hydrazine groups is 1. The SMILES string of the molecule is CCCCCCc1ccc([C@H](N2NC(=O)CC2(C)C)C(F)(F)F)cc1. The molecule has 1 heterocycles. The van der Waals surface area contributed by atoms with Gasteiger partial charge < -0.3 is 0 Å². The predicted molar refractivity (Wildman–Crippen MR) is 91.8 cm³/mol. The zero-order chi connectivity index (χ0) is 18.7. The Morgan fingerprint density at radius 1 is 1.16 bits per heavy atom. The van der Waals surface area contributed by atoms with Crippen LogP contribution in [0.15, 0.2) is 24.3 Å². The Bertz CT molecular complexity index is 581. The third kappa shape index (κ3) is 4.97. The normalized spacial score (nSPS) is 19.0. The second-order valence-electron chi connectivity index (χ2n) is 7.39. The molecule has 0 bridgehead atoms. The number of nitrogens with one attached hydrogen (secondary N) is 1. The first-order valence-corrected chi connectivity index (χ1v) is 8.89. The number of aryl methyl sites for hydroxylation is 1. The lowest BCUT2D eigenvalue weighted by Crippen LogP contribution is -2.51. The lowest BCUT2D eigenvalue weighted by atomic mass is 9.96. The number of unbranched alkanes of at least 4 members (excludes halogenated alkanes) is 3. The molecule has 1 fully saturated rings. The van der Waals surface area contributed by atoms with Crippen molar-refractivity contribution in [2.24, 2.45) is 0 Å². The van der Waals surface area contributed by atoms with Crippen molar-refractivity contribution in [3.05, 3.63) is 35.4 Å². The van der Waals surface area contributed by atoms with Gasteiger partial charge in [-0.2, -0.15) is 18.2 Å². The molecule has 25 heavy (non-hydrogen) atoms. The van der Waals surface area contributed by atoms with Crippen molar-refractivity contribution in [1.29, 1.82) is 0 Å². The fourth-order valence-electron chi connectivity index (χ4n) is 3.32. The van der Waals surface area contributed by atoms with Crippen LogP contribution in [0.2, 0.25) is 0 Å². The summed E-state index contributed by atoms with van der Waals surface area (Å²) in [5.41, 5.74) is 2.69. The maximum absolute atomic E-state index is 13.7. The van der Waals surface area contributed by atoms with E-state index >= 15 is 0 Å². The van der Waals surface area contributed by atoms with Crippen LogP contribution in [-0.4, -0.2) is 22.6 Å². The molecule has 1 atom stereocenters. The number of amides is 1. The molecule has 6 heteroatoms. The summed E-state index contributed by atoms with van der Waals surface area (Å²) in [4.78, 5) is 11.6. The summed E-state index contributed by atoms with van der Waals surface area (Å²) in [5.74, 6) is -0.383. The highest BCUT2D eigenvalue weighted by Gasteiger charge is 2.52. The van der Waals surface area contributed by atoms with Gasteiger partial charge in [0.1, 0.15) is 0 Å². The zero-order valence-corrected chi connectivity index (χ0v) is 15.1. The first-order chi connectivity index (χ1) is 11.6. The number of carbonyl (C=O) groups is 1. The van der Waals surface area contributed by atoms with Gasteiger partial charge in [-0.05, 0) is 37.8 Å². The molecule has 2 rings (SSSR count). The molecule has 1 aromatic carbocycles. The van der Waals surface area contributed by atoms with Crippen LogP contribution in [0.4, 0.5) is 13.2 Å². The highest BCUT2D eigenvalue weighted by Crippen LogP contribution is 2.42. The van der Waals surface area contributed by atoms with Gasteiger partial charge in [-0.1, -0.05) is 50.5 Å². The second kappa shape index (κ2) is 7.77. The number of carbonyl (C=O) groups excluding carboxylic acids is 1. The number of halogens is 3. The van der Waals surface area contributed by atoms with Crippen molar-refractivity contribution >= 4 is 5.91 Å². The van der Waals surface area contributed by atoms with Gasteiger partial charge in [0.15, 0.2) is 6.04 Å². The van der Waals surface area contributed by atoms with E-state index in [1.807, 2.05) is 0 Å². The van der Waals surface area contributed by atoms with Crippen LogP contribution in [0.1, 0.15) is 70.0 Å². The minimum Gasteiger partial charge on any atom is -0.287 e. The van der Waals surface area contributed by atoms with Crippen LogP contribution in [0.3, 0.4) is 0 Å². The largest absolute Gasteiger partial charge is 0.409 e.